The van der Waals surface area contributed by atoms with Gasteiger partial charge in [-0.2, -0.15) is 0 Å². The molecule has 0 aliphatic carbocycles. The van der Waals surface area contributed by atoms with E-state index in [0.29, 0.717) is 24.3 Å². The summed E-state index contributed by atoms with van der Waals surface area (Å²) in [6.45, 7) is 0.754. The van der Waals surface area contributed by atoms with Crippen LogP contribution in [-0.2, 0) is 16.4 Å². The summed E-state index contributed by atoms with van der Waals surface area (Å²) in [5, 5.41) is 2.91. The predicted molar refractivity (Wildman–Crippen MR) is 72.1 cm³/mol. The highest BCUT2D eigenvalue weighted by atomic mass is 32.2. The van der Waals surface area contributed by atoms with Crippen molar-refractivity contribution in [2.24, 2.45) is 0 Å². The van der Waals surface area contributed by atoms with E-state index in [1.807, 2.05) is 0 Å². The molecule has 0 spiro atoms. The van der Waals surface area contributed by atoms with Crippen LogP contribution in [0.1, 0.15) is 5.56 Å². The van der Waals surface area contributed by atoms with Crippen LogP contribution < -0.4 is 10.2 Å². The molecule has 0 bridgehead atoms. The van der Waals surface area contributed by atoms with Gasteiger partial charge in [-0.05, 0) is 19.2 Å². The Hall–Kier alpha value is -1.14. The lowest BCUT2D eigenvalue weighted by molar-refractivity contribution is 0.598. The molecular formula is C12H19FN2O2S. The number of anilines is 1. The smallest absolute Gasteiger partial charge is 0.149 e. The lowest BCUT2D eigenvalue weighted by Gasteiger charge is -2.22. The van der Waals surface area contributed by atoms with Crippen LogP contribution in [0.5, 0.6) is 0 Å². The highest BCUT2D eigenvalue weighted by molar-refractivity contribution is 7.90. The molecule has 1 rings (SSSR count). The van der Waals surface area contributed by atoms with Crippen molar-refractivity contribution in [3.8, 4) is 0 Å². The molecule has 0 heterocycles. The average molecular weight is 274 g/mol. The minimum atomic E-state index is -3.01. The Kier molecular flexibility index (Phi) is 5.10. The predicted octanol–water partition coefficient (Wildman–Crippen LogP) is 1.03. The largest absolute Gasteiger partial charge is 0.373 e. The summed E-state index contributed by atoms with van der Waals surface area (Å²) < 4.78 is 35.9. The zero-order valence-electron chi connectivity index (χ0n) is 10.9. The Morgan fingerprint density at radius 2 is 2.06 bits per heavy atom. The molecule has 18 heavy (non-hydrogen) atoms. The normalized spacial score (nSPS) is 11.6. The molecule has 1 N–H and O–H groups in total. The summed E-state index contributed by atoms with van der Waals surface area (Å²) in [5.41, 5.74) is 1.27. The average Bonchev–Trinajstić information content (AvgIpc) is 2.28. The van der Waals surface area contributed by atoms with Gasteiger partial charge in [0.1, 0.15) is 15.7 Å². The molecule has 0 aliphatic rings. The second-order valence-corrected chi connectivity index (χ2v) is 6.58. The van der Waals surface area contributed by atoms with Crippen molar-refractivity contribution in [1.29, 1.82) is 0 Å². The van der Waals surface area contributed by atoms with Gasteiger partial charge < -0.3 is 10.2 Å². The fourth-order valence-electron chi connectivity index (χ4n) is 1.68. The maximum Gasteiger partial charge on any atom is 0.149 e. The van der Waals surface area contributed by atoms with Crippen LogP contribution in [0.25, 0.3) is 0 Å². The number of hydrogen-bond acceptors (Lipinski definition) is 4. The van der Waals surface area contributed by atoms with E-state index < -0.39 is 9.84 Å². The van der Waals surface area contributed by atoms with Gasteiger partial charge in [0, 0.05) is 37.6 Å². The molecule has 0 atom stereocenters. The van der Waals surface area contributed by atoms with Crippen LogP contribution in [-0.4, -0.2) is 41.1 Å². The third kappa shape index (κ3) is 4.27. The van der Waals surface area contributed by atoms with Crippen LogP contribution >= 0.6 is 0 Å². The molecule has 0 aliphatic heterocycles. The zero-order chi connectivity index (χ0) is 13.8. The van der Waals surface area contributed by atoms with Crippen molar-refractivity contribution in [2.75, 3.05) is 37.5 Å². The topological polar surface area (TPSA) is 49.4 Å². The molecule has 1 aromatic rings. The van der Waals surface area contributed by atoms with Gasteiger partial charge >= 0.3 is 0 Å². The molecule has 0 aromatic heterocycles. The van der Waals surface area contributed by atoms with E-state index in [-0.39, 0.29) is 11.6 Å². The van der Waals surface area contributed by atoms with E-state index in [0.717, 1.165) is 0 Å². The van der Waals surface area contributed by atoms with E-state index in [9.17, 15) is 12.8 Å². The second-order valence-electron chi connectivity index (χ2n) is 4.32. The summed E-state index contributed by atoms with van der Waals surface area (Å²) in [6, 6.07) is 4.82. The number of nitrogens with one attached hydrogen (secondary N) is 1. The van der Waals surface area contributed by atoms with Crippen LogP contribution in [0, 0.1) is 5.82 Å². The highest BCUT2D eigenvalue weighted by Crippen LogP contribution is 2.22. The number of sulfone groups is 1. The lowest BCUT2D eigenvalue weighted by atomic mass is 10.1. The molecule has 0 saturated carbocycles. The van der Waals surface area contributed by atoms with Crippen LogP contribution in [0.15, 0.2) is 18.2 Å². The van der Waals surface area contributed by atoms with E-state index in [2.05, 4.69) is 5.32 Å². The van der Waals surface area contributed by atoms with Crippen molar-refractivity contribution in [3.63, 3.8) is 0 Å². The fraction of sp³-hybridized carbons (Fsp3) is 0.500. The van der Waals surface area contributed by atoms with Gasteiger partial charge in [-0.15, -0.1) is 0 Å². The van der Waals surface area contributed by atoms with Crippen molar-refractivity contribution in [2.45, 2.75) is 6.54 Å². The first-order chi connectivity index (χ1) is 8.35. The maximum absolute atomic E-state index is 13.7. The third-order valence-electron chi connectivity index (χ3n) is 2.66. The molecule has 102 valence electrons. The molecule has 0 amide bonds. The summed E-state index contributed by atoms with van der Waals surface area (Å²) in [7, 11) is 0.492. The first kappa shape index (κ1) is 14.9. The van der Waals surface area contributed by atoms with E-state index >= 15 is 0 Å². The monoisotopic (exact) mass is 274 g/mol. The van der Waals surface area contributed by atoms with Crippen molar-refractivity contribution in [3.05, 3.63) is 29.6 Å². The zero-order valence-corrected chi connectivity index (χ0v) is 11.7. The fourth-order valence-corrected chi connectivity index (χ4v) is 2.29. The Balaban J connectivity index is 2.91. The summed E-state index contributed by atoms with van der Waals surface area (Å²) in [5.74, 6) is -0.230. The molecule has 4 nitrogen and oxygen atoms in total. The summed E-state index contributed by atoms with van der Waals surface area (Å²) in [4.78, 5) is 1.76. The second kappa shape index (κ2) is 6.15. The first-order valence-electron chi connectivity index (χ1n) is 5.66. The Labute approximate surface area is 108 Å². The number of halogens is 1. The molecule has 0 saturated heterocycles. The number of rotatable bonds is 6. The van der Waals surface area contributed by atoms with Crippen LogP contribution in [0.4, 0.5) is 10.1 Å². The minimum absolute atomic E-state index is 0.0546. The highest BCUT2D eigenvalue weighted by Gasteiger charge is 2.12. The Morgan fingerprint density at radius 1 is 1.39 bits per heavy atom. The van der Waals surface area contributed by atoms with E-state index in [1.165, 1.54) is 12.3 Å². The Bertz CT molecular complexity index is 503. The quantitative estimate of drug-likeness (QED) is 0.841. The number of benzene rings is 1. The lowest BCUT2D eigenvalue weighted by Crippen LogP contribution is -2.26. The van der Waals surface area contributed by atoms with Gasteiger partial charge in [0.15, 0.2) is 0 Å². The SMILES string of the molecule is CNCc1c(F)cccc1N(C)CCS(C)(=O)=O. The van der Waals surface area contributed by atoms with Crippen molar-refractivity contribution in [1.82, 2.24) is 5.32 Å². The molecule has 0 fully saturated rings. The summed E-state index contributed by atoms with van der Waals surface area (Å²) in [6.07, 6.45) is 1.20. The molecule has 0 unspecified atom stereocenters. The first-order valence-corrected chi connectivity index (χ1v) is 7.72. The van der Waals surface area contributed by atoms with Crippen LogP contribution in [0.2, 0.25) is 0 Å². The van der Waals surface area contributed by atoms with Gasteiger partial charge in [-0.3, -0.25) is 0 Å². The van der Waals surface area contributed by atoms with Crippen LogP contribution in [0.3, 0.4) is 0 Å². The standard InChI is InChI=1S/C12H19FN2O2S/c1-14-9-10-11(13)5-4-6-12(10)15(2)7-8-18(3,16)17/h4-6,14H,7-9H2,1-3H3. The maximum atomic E-state index is 13.7. The van der Waals surface area contributed by atoms with Gasteiger partial charge in [0.2, 0.25) is 0 Å². The van der Waals surface area contributed by atoms with Crippen molar-refractivity contribution >= 4 is 15.5 Å². The third-order valence-corrected chi connectivity index (χ3v) is 3.58. The number of nitrogens with zero attached hydrogens (tertiary/aromatic N) is 1. The molecule has 6 heteroatoms. The van der Waals surface area contributed by atoms with E-state index in [1.54, 1.807) is 31.1 Å². The minimum Gasteiger partial charge on any atom is -0.373 e. The number of hydrogen-bond donors (Lipinski definition) is 1. The van der Waals surface area contributed by atoms with Gasteiger partial charge in [0.25, 0.3) is 0 Å². The van der Waals surface area contributed by atoms with Crippen molar-refractivity contribution < 1.29 is 12.8 Å². The van der Waals surface area contributed by atoms with E-state index in [4.69, 9.17) is 0 Å². The molecular weight excluding hydrogens is 255 g/mol. The van der Waals surface area contributed by atoms with Gasteiger partial charge in [-0.25, -0.2) is 12.8 Å². The summed E-state index contributed by atoms with van der Waals surface area (Å²) >= 11 is 0. The Morgan fingerprint density at radius 3 is 2.61 bits per heavy atom. The van der Waals surface area contributed by atoms with Gasteiger partial charge in [-0.1, -0.05) is 6.07 Å². The van der Waals surface area contributed by atoms with Gasteiger partial charge in [0.05, 0.1) is 5.75 Å². The molecule has 1 aromatic carbocycles. The molecule has 0 radical (unpaired) electrons.